The lowest BCUT2D eigenvalue weighted by molar-refractivity contribution is 0.0746. The minimum Gasteiger partial charge on any atom is -0.353 e. The van der Waals surface area contributed by atoms with Crippen LogP contribution in [-0.4, -0.2) is 51.8 Å². The van der Waals surface area contributed by atoms with Crippen LogP contribution in [0.2, 0.25) is 5.15 Å². The minimum absolute atomic E-state index is 0.161. The Bertz CT molecular complexity index is 1150. The Kier molecular flexibility index (Phi) is 5.87. The lowest BCUT2D eigenvalue weighted by Gasteiger charge is -2.35. The number of aromatic nitrogens is 3. The van der Waals surface area contributed by atoms with Crippen LogP contribution in [-0.2, 0) is 6.54 Å². The SMILES string of the molecule is Cc1nn(Cc2ccc(F)cc2)c(Cl)c1C(=O)N1CCN(c2cc(C#N)ccn2)CC1. The second kappa shape index (κ2) is 8.74. The first-order valence-corrected chi connectivity index (χ1v) is 10.2. The van der Waals surface area contributed by atoms with Gasteiger partial charge in [0, 0.05) is 32.4 Å². The van der Waals surface area contributed by atoms with Gasteiger partial charge in [0.05, 0.1) is 29.4 Å². The molecule has 0 radical (unpaired) electrons. The molecule has 3 aromatic rings. The zero-order valence-electron chi connectivity index (χ0n) is 16.9. The van der Waals surface area contributed by atoms with Gasteiger partial charge in [-0.15, -0.1) is 0 Å². The molecule has 0 N–H and O–H groups in total. The molecule has 1 aliphatic rings. The molecule has 7 nitrogen and oxygen atoms in total. The molecule has 1 amide bonds. The van der Waals surface area contributed by atoms with E-state index in [4.69, 9.17) is 16.9 Å². The van der Waals surface area contributed by atoms with Crippen molar-refractivity contribution in [2.24, 2.45) is 0 Å². The van der Waals surface area contributed by atoms with Crippen molar-refractivity contribution in [3.8, 4) is 6.07 Å². The summed E-state index contributed by atoms with van der Waals surface area (Å²) in [6.45, 7) is 4.34. The molecule has 158 valence electrons. The van der Waals surface area contributed by atoms with Crippen molar-refractivity contribution in [1.82, 2.24) is 19.7 Å². The smallest absolute Gasteiger partial charge is 0.259 e. The zero-order chi connectivity index (χ0) is 22.0. The highest BCUT2D eigenvalue weighted by molar-refractivity contribution is 6.33. The normalized spacial score (nSPS) is 13.9. The molecule has 9 heteroatoms. The summed E-state index contributed by atoms with van der Waals surface area (Å²) in [6, 6.07) is 11.6. The summed E-state index contributed by atoms with van der Waals surface area (Å²) in [6.07, 6.45) is 1.62. The quantitative estimate of drug-likeness (QED) is 0.624. The third kappa shape index (κ3) is 4.37. The number of rotatable bonds is 4. The number of hydrogen-bond donors (Lipinski definition) is 0. The highest BCUT2D eigenvalue weighted by Gasteiger charge is 2.28. The molecule has 0 spiro atoms. The predicted octanol–water partition coefficient (Wildman–Crippen LogP) is 3.26. The first kappa shape index (κ1) is 20.8. The van der Waals surface area contributed by atoms with Crippen LogP contribution in [0.3, 0.4) is 0 Å². The van der Waals surface area contributed by atoms with E-state index in [1.165, 1.54) is 12.1 Å². The predicted molar refractivity (Wildman–Crippen MR) is 115 cm³/mol. The number of halogens is 2. The van der Waals surface area contributed by atoms with E-state index in [0.717, 1.165) is 11.4 Å². The Morgan fingerprint density at radius 3 is 2.58 bits per heavy atom. The fourth-order valence-corrected chi connectivity index (χ4v) is 3.94. The topological polar surface area (TPSA) is 78.0 Å². The van der Waals surface area contributed by atoms with E-state index in [0.29, 0.717) is 49.5 Å². The molecule has 0 atom stereocenters. The van der Waals surface area contributed by atoms with E-state index in [-0.39, 0.29) is 16.9 Å². The molecule has 0 saturated carbocycles. The van der Waals surface area contributed by atoms with E-state index in [1.807, 2.05) is 0 Å². The molecular weight excluding hydrogens is 419 g/mol. The maximum absolute atomic E-state index is 13.2. The van der Waals surface area contributed by atoms with Crippen LogP contribution in [0, 0.1) is 24.1 Å². The standard InChI is InChI=1S/C22H20ClFN6O/c1-15-20(21(23)30(27-15)14-16-2-4-18(24)5-3-16)22(31)29-10-8-28(9-11-29)19-12-17(13-25)6-7-26-19/h2-7,12H,8-11,14H2,1H3. The number of carbonyl (C=O) groups is 1. The molecule has 1 aromatic carbocycles. The van der Waals surface area contributed by atoms with Crippen LogP contribution >= 0.6 is 11.6 Å². The van der Waals surface area contributed by atoms with Gasteiger partial charge in [-0.05, 0) is 36.8 Å². The molecular formula is C22H20ClFN6O. The summed E-state index contributed by atoms with van der Waals surface area (Å²) >= 11 is 6.51. The van der Waals surface area contributed by atoms with Crippen LogP contribution in [0.25, 0.3) is 0 Å². The number of nitrogens with zero attached hydrogens (tertiary/aromatic N) is 6. The summed E-state index contributed by atoms with van der Waals surface area (Å²) in [4.78, 5) is 21.3. The van der Waals surface area contributed by atoms with Crippen molar-refractivity contribution >= 4 is 23.3 Å². The van der Waals surface area contributed by atoms with Crippen LogP contribution in [0.5, 0.6) is 0 Å². The number of hydrogen-bond acceptors (Lipinski definition) is 5. The van der Waals surface area contributed by atoms with Gasteiger partial charge in [0.15, 0.2) is 0 Å². The summed E-state index contributed by atoms with van der Waals surface area (Å²) in [5.74, 6) is 0.259. The van der Waals surface area contributed by atoms with Crippen molar-refractivity contribution in [2.45, 2.75) is 13.5 Å². The molecule has 1 aliphatic heterocycles. The van der Waals surface area contributed by atoms with E-state index < -0.39 is 0 Å². The summed E-state index contributed by atoms with van der Waals surface area (Å²) in [5, 5.41) is 13.8. The number of nitriles is 1. The van der Waals surface area contributed by atoms with Gasteiger partial charge in [-0.2, -0.15) is 10.4 Å². The fourth-order valence-electron chi connectivity index (χ4n) is 3.62. The lowest BCUT2D eigenvalue weighted by atomic mass is 10.2. The highest BCUT2D eigenvalue weighted by atomic mass is 35.5. The Balaban J connectivity index is 1.46. The van der Waals surface area contributed by atoms with Gasteiger partial charge in [-0.1, -0.05) is 23.7 Å². The van der Waals surface area contributed by atoms with Crippen molar-refractivity contribution in [1.29, 1.82) is 5.26 Å². The van der Waals surface area contributed by atoms with Gasteiger partial charge in [0.1, 0.15) is 16.8 Å². The van der Waals surface area contributed by atoms with Crippen LogP contribution < -0.4 is 4.90 Å². The first-order valence-electron chi connectivity index (χ1n) is 9.84. The number of anilines is 1. The number of pyridine rings is 1. The average molecular weight is 439 g/mol. The van der Waals surface area contributed by atoms with Gasteiger partial charge < -0.3 is 9.80 Å². The largest absolute Gasteiger partial charge is 0.353 e. The van der Waals surface area contributed by atoms with Gasteiger partial charge in [-0.25, -0.2) is 14.1 Å². The Hall–Kier alpha value is -3.44. The van der Waals surface area contributed by atoms with Crippen molar-refractivity contribution in [3.63, 3.8) is 0 Å². The summed E-state index contributed by atoms with van der Waals surface area (Å²) in [7, 11) is 0. The highest BCUT2D eigenvalue weighted by Crippen LogP contribution is 2.24. The van der Waals surface area contributed by atoms with Crippen LogP contribution in [0.1, 0.15) is 27.2 Å². The molecule has 2 aromatic heterocycles. The van der Waals surface area contributed by atoms with E-state index in [1.54, 1.807) is 47.0 Å². The second-order valence-electron chi connectivity index (χ2n) is 7.33. The number of piperazine rings is 1. The lowest BCUT2D eigenvalue weighted by Crippen LogP contribution is -2.49. The van der Waals surface area contributed by atoms with Gasteiger partial charge in [-0.3, -0.25) is 4.79 Å². The molecule has 1 saturated heterocycles. The third-order valence-corrected chi connectivity index (χ3v) is 5.67. The first-order chi connectivity index (χ1) is 15.0. The maximum atomic E-state index is 13.2. The van der Waals surface area contributed by atoms with Crippen LogP contribution in [0.15, 0.2) is 42.6 Å². The Labute approximate surface area is 184 Å². The number of amides is 1. The van der Waals surface area contributed by atoms with E-state index >= 15 is 0 Å². The Morgan fingerprint density at radius 1 is 1.19 bits per heavy atom. The molecule has 31 heavy (non-hydrogen) atoms. The van der Waals surface area contributed by atoms with E-state index in [9.17, 15) is 9.18 Å². The fraction of sp³-hybridized carbons (Fsp3) is 0.273. The van der Waals surface area contributed by atoms with Gasteiger partial charge >= 0.3 is 0 Å². The van der Waals surface area contributed by atoms with Crippen molar-refractivity contribution in [3.05, 3.63) is 75.9 Å². The molecule has 3 heterocycles. The molecule has 0 unspecified atom stereocenters. The van der Waals surface area contributed by atoms with Gasteiger partial charge in [0.25, 0.3) is 5.91 Å². The van der Waals surface area contributed by atoms with Crippen molar-refractivity contribution in [2.75, 3.05) is 31.1 Å². The second-order valence-corrected chi connectivity index (χ2v) is 7.69. The number of carbonyl (C=O) groups excluding carboxylic acids is 1. The molecule has 0 bridgehead atoms. The van der Waals surface area contributed by atoms with Gasteiger partial charge in [0.2, 0.25) is 0 Å². The summed E-state index contributed by atoms with van der Waals surface area (Å²) in [5.41, 5.74) is 2.34. The van der Waals surface area contributed by atoms with E-state index in [2.05, 4.69) is 21.1 Å². The van der Waals surface area contributed by atoms with Crippen LogP contribution in [0.4, 0.5) is 10.2 Å². The van der Waals surface area contributed by atoms with Crippen molar-refractivity contribution < 1.29 is 9.18 Å². The third-order valence-electron chi connectivity index (χ3n) is 5.29. The molecule has 0 aliphatic carbocycles. The molecule has 1 fully saturated rings. The average Bonchev–Trinajstić information content (AvgIpc) is 3.07. The number of benzene rings is 1. The number of aryl methyl sites for hydroxylation is 1. The zero-order valence-corrected chi connectivity index (χ0v) is 17.7. The monoisotopic (exact) mass is 438 g/mol. The molecule has 4 rings (SSSR count). The maximum Gasteiger partial charge on any atom is 0.259 e. The minimum atomic E-state index is -0.309. The summed E-state index contributed by atoms with van der Waals surface area (Å²) < 4.78 is 14.7. The Morgan fingerprint density at radius 2 is 1.90 bits per heavy atom.